The third-order valence-corrected chi connectivity index (χ3v) is 3.65. The summed E-state index contributed by atoms with van der Waals surface area (Å²) < 4.78 is 5.62. The highest BCUT2D eigenvalue weighted by molar-refractivity contribution is 5.32. The lowest BCUT2D eigenvalue weighted by Crippen LogP contribution is -2.14. The Morgan fingerprint density at radius 1 is 1.10 bits per heavy atom. The highest BCUT2D eigenvalue weighted by Gasteiger charge is 2.17. The number of ether oxygens (including phenoxy) is 1. The Morgan fingerprint density at radius 3 is 2.20 bits per heavy atom. The van der Waals surface area contributed by atoms with Gasteiger partial charge in [0.15, 0.2) is 0 Å². The average molecular weight is 271 g/mol. The molecule has 0 fully saturated rings. The molecule has 0 bridgehead atoms. The lowest BCUT2D eigenvalue weighted by atomic mass is 9.82. The van der Waals surface area contributed by atoms with Crippen molar-refractivity contribution in [3.63, 3.8) is 0 Å². The van der Waals surface area contributed by atoms with Gasteiger partial charge < -0.3 is 10.5 Å². The SMILES string of the molecule is CCC(C)(C)c1ccc(Oc2ncc(CN)cn2)cc1. The molecule has 2 aromatic rings. The van der Waals surface area contributed by atoms with Crippen molar-refractivity contribution >= 4 is 0 Å². The van der Waals surface area contributed by atoms with Crippen molar-refractivity contribution in [1.29, 1.82) is 0 Å². The predicted molar refractivity (Wildman–Crippen MR) is 79.8 cm³/mol. The summed E-state index contributed by atoms with van der Waals surface area (Å²) in [5.74, 6) is 0.737. The van der Waals surface area contributed by atoms with Crippen molar-refractivity contribution in [3.8, 4) is 11.8 Å². The number of rotatable bonds is 5. The number of aromatic nitrogens is 2. The van der Waals surface area contributed by atoms with E-state index in [1.165, 1.54) is 5.56 Å². The molecule has 4 nitrogen and oxygen atoms in total. The van der Waals surface area contributed by atoms with Crippen LogP contribution < -0.4 is 10.5 Å². The Balaban J connectivity index is 2.10. The first kappa shape index (κ1) is 14.5. The van der Waals surface area contributed by atoms with E-state index in [9.17, 15) is 0 Å². The Bertz CT molecular complexity index is 547. The van der Waals surface area contributed by atoms with Gasteiger partial charge in [-0.3, -0.25) is 0 Å². The van der Waals surface area contributed by atoms with Gasteiger partial charge in [0.1, 0.15) is 5.75 Å². The van der Waals surface area contributed by atoms with Crippen LogP contribution in [0.1, 0.15) is 38.3 Å². The first-order chi connectivity index (χ1) is 9.55. The van der Waals surface area contributed by atoms with Gasteiger partial charge in [-0.05, 0) is 29.5 Å². The van der Waals surface area contributed by atoms with Gasteiger partial charge in [0, 0.05) is 24.5 Å². The summed E-state index contributed by atoms with van der Waals surface area (Å²) in [4.78, 5) is 8.24. The van der Waals surface area contributed by atoms with Crippen LogP contribution >= 0.6 is 0 Å². The normalized spacial score (nSPS) is 11.4. The van der Waals surface area contributed by atoms with Crippen LogP contribution in [0.3, 0.4) is 0 Å². The number of hydrogen-bond acceptors (Lipinski definition) is 4. The first-order valence-electron chi connectivity index (χ1n) is 6.84. The van der Waals surface area contributed by atoms with Gasteiger partial charge in [-0.2, -0.15) is 0 Å². The summed E-state index contributed by atoms with van der Waals surface area (Å²) in [6.07, 6.45) is 4.45. The molecule has 4 heteroatoms. The molecule has 0 aliphatic heterocycles. The summed E-state index contributed by atoms with van der Waals surface area (Å²) in [5.41, 5.74) is 7.86. The molecule has 0 unspecified atom stereocenters. The molecule has 2 rings (SSSR count). The molecule has 0 saturated carbocycles. The molecular formula is C16H21N3O. The maximum absolute atomic E-state index is 5.62. The summed E-state index contributed by atoms with van der Waals surface area (Å²) in [6, 6.07) is 8.42. The maximum Gasteiger partial charge on any atom is 0.321 e. The third-order valence-electron chi connectivity index (χ3n) is 3.65. The Kier molecular flexibility index (Phi) is 4.35. The first-order valence-corrected chi connectivity index (χ1v) is 6.84. The van der Waals surface area contributed by atoms with E-state index in [0.717, 1.165) is 17.7 Å². The highest BCUT2D eigenvalue weighted by Crippen LogP contribution is 2.28. The standard InChI is InChI=1S/C16H21N3O/c1-4-16(2,3)13-5-7-14(8-6-13)20-15-18-10-12(9-17)11-19-15/h5-8,10-11H,4,9,17H2,1-3H3. The molecule has 1 aromatic carbocycles. The van der Waals surface area contributed by atoms with Gasteiger partial charge in [0.05, 0.1) is 0 Å². The number of nitrogens with zero attached hydrogens (tertiary/aromatic N) is 2. The molecule has 0 spiro atoms. The minimum absolute atomic E-state index is 0.178. The summed E-state index contributed by atoms with van der Waals surface area (Å²) >= 11 is 0. The summed E-state index contributed by atoms with van der Waals surface area (Å²) in [6.45, 7) is 7.09. The monoisotopic (exact) mass is 271 g/mol. The van der Waals surface area contributed by atoms with Crippen molar-refractivity contribution in [1.82, 2.24) is 9.97 Å². The third kappa shape index (κ3) is 3.33. The minimum atomic E-state index is 0.178. The van der Waals surface area contributed by atoms with Gasteiger partial charge >= 0.3 is 6.01 Å². The smallest absolute Gasteiger partial charge is 0.321 e. The van der Waals surface area contributed by atoms with Crippen LogP contribution in [0.15, 0.2) is 36.7 Å². The minimum Gasteiger partial charge on any atom is -0.424 e. The highest BCUT2D eigenvalue weighted by atomic mass is 16.5. The van der Waals surface area contributed by atoms with Crippen LogP contribution in [-0.2, 0) is 12.0 Å². The quantitative estimate of drug-likeness (QED) is 0.905. The van der Waals surface area contributed by atoms with Crippen molar-refractivity contribution in [2.75, 3.05) is 0 Å². The fourth-order valence-electron chi connectivity index (χ4n) is 1.78. The molecule has 0 aliphatic rings. The van der Waals surface area contributed by atoms with Crippen LogP contribution in [-0.4, -0.2) is 9.97 Å². The average Bonchev–Trinajstić information content (AvgIpc) is 2.48. The van der Waals surface area contributed by atoms with Gasteiger partial charge in [-0.25, -0.2) is 9.97 Å². The van der Waals surface area contributed by atoms with Gasteiger partial charge in [0.2, 0.25) is 0 Å². The summed E-state index contributed by atoms with van der Waals surface area (Å²) in [7, 11) is 0. The van der Waals surface area contributed by atoms with Crippen LogP contribution in [0.5, 0.6) is 11.8 Å². The topological polar surface area (TPSA) is 61.0 Å². The van der Waals surface area contributed by atoms with Crippen LogP contribution in [0, 0.1) is 0 Å². The molecule has 1 heterocycles. The van der Waals surface area contributed by atoms with E-state index >= 15 is 0 Å². The second-order valence-corrected chi connectivity index (χ2v) is 5.44. The molecule has 106 valence electrons. The summed E-state index contributed by atoms with van der Waals surface area (Å²) in [5, 5.41) is 0. The fraction of sp³-hybridized carbons (Fsp3) is 0.375. The second-order valence-electron chi connectivity index (χ2n) is 5.44. The van der Waals surface area contributed by atoms with E-state index < -0.39 is 0 Å². The van der Waals surface area contributed by atoms with E-state index in [1.807, 2.05) is 12.1 Å². The predicted octanol–water partition coefficient (Wildman–Crippen LogP) is 3.42. The molecule has 0 saturated heterocycles. The zero-order chi connectivity index (χ0) is 14.6. The lowest BCUT2D eigenvalue weighted by molar-refractivity contribution is 0.439. The zero-order valence-electron chi connectivity index (χ0n) is 12.3. The zero-order valence-corrected chi connectivity index (χ0v) is 12.3. The van der Waals surface area contributed by atoms with Crippen molar-refractivity contribution in [2.45, 2.75) is 39.2 Å². The Hall–Kier alpha value is -1.94. The van der Waals surface area contributed by atoms with Crippen molar-refractivity contribution in [3.05, 3.63) is 47.8 Å². The van der Waals surface area contributed by atoms with E-state index in [1.54, 1.807) is 12.4 Å². The Labute approximate surface area is 120 Å². The van der Waals surface area contributed by atoms with Gasteiger partial charge in [-0.15, -0.1) is 0 Å². The van der Waals surface area contributed by atoms with E-state index in [4.69, 9.17) is 10.5 Å². The number of hydrogen-bond donors (Lipinski definition) is 1. The number of benzene rings is 1. The largest absolute Gasteiger partial charge is 0.424 e. The van der Waals surface area contributed by atoms with Gasteiger partial charge in [-0.1, -0.05) is 32.9 Å². The second kappa shape index (κ2) is 6.01. The molecule has 0 atom stereocenters. The Morgan fingerprint density at radius 2 is 1.70 bits per heavy atom. The lowest BCUT2D eigenvalue weighted by Gasteiger charge is -2.23. The fourth-order valence-corrected chi connectivity index (χ4v) is 1.78. The molecular weight excluding hydrogens is 250 g/mol. The molecule has 1 aromatic heterocycles. The molecule has 20 heavy (non-hydrogen) atoms. The van der Waals surface area contributed by atoms with E-state index in [0.29, 0.717) is 12.6 Å². The molecule has 2 N–H and O–H groups in total. The van der Waals surface area contributed by atoms with E-state index in [2.05, 4.69) is 42.9 Å². The van der Waals surface area contributed by atoms with Crippen LogP contribution in [0.4, 0.5) is 0 Å². The van der Waals surface area contributed by atoms with E-state index in [-0.39, 0.29) is 5.41 Å². The van der Waals surface area contributed by atoms with Crippen LogP contribution in [0.2, 0.25) is 0 Å². The van der Waals surface area contributed by atoms with Crippen molar-refractivity contribution < 1.29 is 4.74 Å². The number of nitrogens with two attached hydrogens (primary N) is 1. The molecule has 0 amide bonds. The van der Waals surface area contributed by atoms with Crippen LogP contribution in [0.25, 0.3) is 0 Å². The maximum atomic E-state index is 5.62. The molecule has 0 radical (unpaired) electrons. The van der Waals surface area contributed by atoms with Gasteiger partial charge in [0.25, 0.3) is 0 Å². The van der Waals surface area contributed by atoms with Crippen molar-refractivity contribution in [2.24, 2.45) is 5.73 Å². The molecule has 0 aliphatic carbocycles.